The molecule has 0 heterocycles. The Labute approximate surface area is 163 Å². The summed E-state index contributed by atoms with van der Waals surface area (Å²) in [5.74, 6) is -1.02. The van der Waals surface area contributed by atoms with Gasteiger partial charge >= 0.3 is 5.97 Å². The van der Waals surface area contributed by atoms with Crippen molar-refractivity contribution in [3.05, 3.63) is 65.7 Å². The Bertz CT molecular complexity index is 760. The molecule has 2 aromatic carbocycles. The summed E-state index contributed by atoms with van der Waals surface area (Å²) < 4.78 is 4.92. The van der Waals surface area contributed by atoms with E-state index in [1.165, 1.54) is 0 Å². The second-order valence-electron chi connectivity index (χ2n) is 5.90. The highest BCUT2D eigenvalue weighted by Crippen LogP contribution is 2.16. The van der Waals surface area contributed by atoms with Crippen LogP contribution in [0.2, 0.25) is 0 Å². The van der Waals surface area contributed by atoms with E-state index < -0.39 is 5.97 Å². The largest absolute Gasteiger partial charge is 0.456 e. The minimum atomic E-state index is -0.553. The maximum absolute atomic E-state index is 12.1. The molecular formula is C21H23NO4S. The van der Waals surface area contributed by atoms with Crippen molar-refractivity contribution in [2.24, 2.45) is 0 Å². The van der Waals surface area contributed by atoms with Crippen molar-refractivity contribution >= 4 is 29.4 Å². The first kappa shape index (κ1) is 20.7. The first-order valence-corrected chi connectivity index (χ1v) is 9.94. The van der Waals surface area contributed by atoms with Crippen molar-refractivity contribution in [3.8, 4) is 0 Å². The van der Waals surface area contributed by atoms with E-state index in [1.807, 2.05) is 48.7 Å². The van der Waals surface area contributed by atoms with Crippen LogP contribution in [-0.4, -0.2) is 37.1 Å². The smallest absolute Gasteiger partial charge is 0.306 e. The van der Waals surface area contributed by atoms with Gasteiger partial charge in [0.25, 0.3) is 5.91 Å². The fraction of sp³-hybridized carbons (Fsp3) is 0.286. The van der Waals surface area contributed by atoms with E-state index in [1.54, 1.807) is 23.9 Å². The third kappa shape index (κ3) is 7.66. The quantitative estimate of drug-likeness (QED) is 0.386. The standard InChI is InChI=1S/C21H23NO4S/c1-27-18-9-7-17(8-10-18)19(23)11-12-21(25)26-15-20(24)22-14-13-16-5-3-2-4-6-16/h2-10H,11-15H2,1H3,(H,22,24). The van der Waals surface area contributed by atoms with Crippen molar-refractivity contribution in [2.75, 3.05) is 19.4 Å². The molecule has 0 bridgehead atoms. The van der Waals surface area contributed by atoms with Gasteiger partial charge in [-0.2, -0.15) is 0 Å². The Morgan fingerprint density at radius 3 is 2.33 bits per heavy atom. The van der Waals surface area contributed by atoms with Crippen LogP contribution in [0.3, 0.4) is 0 Å². The summed E-state index contributed by atoms with van der Waals surface area (Å²) in [7, 11) is 0. The average Bonchev–Trinajstić information content (AvgIpc) is 2.71. The average molecular weight is 385 g/mol. The van der Waals surface area contributed by atoms with Gasteiger partial charge in [0.1, 0.15) is 0 Å². The zero-order chi connectivity index (χ0) is 19.5. The maximum atomic E-state index is 12.1. The lowest BCUT2D eigenvalue weighted by atomic mass is 10.1. The molecular weight excluding hydrogens is 362 g/mol. The number of carbonyl (C=O) groups excluding carboxylic acids is 3. The molecule has 0 aromatic heterocycles. The predicted molar refractivity (Wildman–Crippen MR) is 106 cm³/mol. The van der Waals surface area contributed by atoms with Crippen LogP contribution in [0.15, 0.2) is 59.5 Å². The third-order valence-electron chi connectivity index (χ3n) is 3.91. The fourth-order valence-electron chi connectivity index (χ4n) is 2.40. The van der Waals surface area contributed by atoms with Crippen LogP contribution in [0.1, 0.15) is 28.8 Å². The Balaban J connectivity index is 1.62. The molecule has 0 aliphatic carbocycles. The molecule has 142 valence electrons. The van der Waals surface area contributed by atoms with Crippen molar-refractivity contribution in [2.45, 2.75) is 24.2 Å². The van der Waals surface area contributed by atoms with Gasteiger partial charge in [0.2, 0.25) is 0 Å². The molecule has 0 spiro atoms. The number of ether oxygens (including phenoxy) is 1. The Morgan fingerprint density at radius 1 is 0.963 bits per heavy atom. The van der Waals surface area contributed by atoms with E-state index in [0.717, 1.165) is 10.5 Å². The highest BCUT2D eigenvalue weighted by molar-refractivity contribution is 7.98. The minimum absolute atomic E-state index is 0.0413. The molecule has 0 atom stereocenters. The lowest BCUT2D eigenvalue weighted by molar-refractivity contribution is -0.148. The third-order valence-corrected chi connectivity index (χ3v) is 4.65. The highest BCUT2D eigenvalue weighted by atomic mass is 32.2. The molecule has 5 nitrogen and oxygen atoms in total. The van der Waals surface area contributed by atoms with E-state index >= 15 is 0 Å². The number of rotatable bonds is 10. The van der Waals surface area contributed by atoms with Crippen LogP contribution >= 0.6 is 11.8 Å². The van der Waals surface area contributed by atoms with Gasteiger partial charge in [-0.15, -0.1) is 11.8 Å². The van der Waals surface area contributed by atoms with Crippen LogP contribution in [-0.2, 0) is 20.7 Å². The van der Waals surface area contributed by atoms with Crippen LogP contribution < -0.4 is 5.32 Å². The van der Waals surface area contributed by atoms with Gasteiger partial charge in [0.15, 0.2) is 12.4 Å². The van der Waals surface area contributed by atoms with E-state index in [-0.39, 0.29) is 31.1 Å². The Hall–Kier alpha value is -2.60. The molecule has 1 N–H and O–H groups in total. The van der Waals surface area contributed by atoms with Gasteiger partial charge in [-0.25, -0.2) is 0 Å². The number of nitrogens with one attached hydrogen (secondary N) is 1. The van der Waals surface area contributed by atoms with Crippen molar-refractivity contribution < 1.29 is 19.1 Å². The van der Waals surface area contributed by atoms with Gasteiger partial charge in [0.05, 0.1) is 6.42 Å². The van der Waals surface area contributed by atoms with E-state index in [0.29, 0.717) is 18.5 Å². The van der Waals surface area contributed by atoms with E-state index in [4.69, 9.17) is 4.74 Å². The van der Waals surface area contributed by atoms with Gasteiger partial charge in [-0.05, 0) is 30.4 Å². The van der Waals surface area contributed by atoms with Crippen LogP contribution in [0.25, 0.3) is 0 Å². The van der Waals surface area contributed by atoms with Crippen LogP contribution in [0.5, 0.6) is 0 Å². The maximum Gasteiger partial charge on any atom is 0.306 e. The molecule has 0 unspecified atom stereocenters. The molecule has 0 radical (unpaired) electrons. The van der Waals surface area contributed by atoms with Crippen molar-refractivity contribution in [3.63, 3.8) is 0 Å². The summed E-state index contributed by atoms with van der Waals surface area (Å²) >= 11 is 1.60. The van der Waals surface area contributed by atoms with E-state index in [9.17, 15) is 14.4 Å². The number of amides is 1. The van der Waals surface area contributed by atoms with Crippen molar-refractivity contribution in [1.82, 2.24) is 5.32 Å². The number of Topliss-reactive ketones (excluding diaryl/α,β-unsaturated/α-hetero) is 1. The first-order chi connectivity index (χ1) is 13.1. The number of ketones is 1. The van der Waals surface area contributed by atoms with E-state index in [2.05, 4.69) is 5.32 Å². The number of hydrogen-bond acceptors (Lipinski definition) is 5. The molecule has 0 aliphatic rings. The summed E-state index contributed by atoms with van der Waals surface area (Å²) in [5, 5.41) is 2.70. The monoisotopic (exact) mass is 385 g/mol. The predicted octanol–water partition coefficient (Wildman–Crippen LogP) is 3.27. The number of carbonyl (C=O) groups is 3. The normalized spacial score (nSPS) is 10.3. The minimum Gasteiger partial charge on any atom is -0.456 e. The van der Waals surface area contributed by atoms with Crippen LogP contribution in [0, 0.1) is 0 Å². The number of hydrogen-bond donors (Lipinski definition) is 1. The number of benzene rings is 2. The Morgan fingerprint density at radius 2 is 1.67 bits per heavy atom. The number of thioether (sulfide) groups is 1. The zero-order valence-electron chi connectivity index (χ0n) is 15.3. The molecule has 6 heteroatoms. The van der Waals surface area contributed by atoms with Crippen LogP contribution in [0.4, 0.5) is 0 Å². The Kier molecular flexibility index (Phi) is 8.58. The molecule has 0 saturated carbocycles. The SMILES string of the molecule is CSc1ccc(C(=O)CCC(=O)OCC(=O)NCCc2ccccc2)cc1. The topological polar surface area (TPSA) is 72.5 Å². The summed E-state index contributed by atoms with van der Waals surface area (Å²) in [6.45, 7) is 0.148. The summed E-state index contributed by atoms with van der Waals surface area (Å²) in [5.41, 5.74) is 1.69. The molecule has 2 aromatic rings. The second kappa shape index (κ2) is 11.2. The number of esters is 1. The second-order valence-corrected chi connectivity index (χ2v) is 6.78. The lowest BCUT2D eigenvalue weighted by Crippen LogP contribution is -2.30. The summed E-state index contributed by atoms with van der Waals surface area (Å²) in [6.07, 6.45) is 2.70. The molecule has 27 heavy (non-hydrogen) atoms. The van der Waals surface area contributed by atoms with Crippen molar-refractivity contribution in [1.29, 1.82) is 0 Å². The summed E-state index contributed by atoms with van der Waals surface area (Å²) in [4.78, 5) is 36.6. The fourth-order valence-corrected chi connectivity index (χ4v) is 2.81. The molecule has 0 fully saturated rings. The highest BCUT2D eigenvalue weighted by Gasteiger charge is 2.12. The first-order valence-electron chi connectivity index (χ1n) is 8.72. The van der Waals surface area contributed by atoms with Gasteiger partial charge in [-0.3, -0.25) is 14.4 Å². The van der Waals surface area contributed by atoms with Gasteiger partial charge in [0, 0.05) is 23.4 Å². The molecule has 0 saturated heterocycles. The molecule has 1 amide bonds. The van der Waals surface area contributed by atoms with Gasteiger partial charge in [-0.1, -0.05) is 42.5 Å². The zero-order valence-corrected chi connectivity index (χ0v) is 16.1. The molecule has 2 rings (SSSR count). The molecule has 0 aliphatic heterocycles. The van der Waals surface area contributed by atoms with Gasteiger partial charge < -0.3 is 10.1 Å². The lowest BCUT2D eigenvalue weighted by Gasteiger charge is -2.07. The summed E-state index contributed by atoms with van der Waals surface area (Å²) in [6, 6.07) is 17.0.